The molecule has 138 valence electrons. The van der Waals surface area contributed by atoms with Crippen LogP contribution in [0.5, 0.6) is 11.5 Å². The Balaban J connectivity index is 1.67. The molecule has 1 aliphatic heterocycles. The lowest BCUT2D eigenvalue weighted by Crippen LogP contribution is -2.33. The fourth-order valence-electron chi connectivity index (χ4n) is 2.89. The minimum absolute atomic E-state index is 0.0321. The number of thioether (sulfide) groups is 1. The molecule has 1 N–H and O–H groups in total. The third kappa shape index (κ3) is 4.94. The van der Waals surface area contributed by atoms with Crippen LogP contribution >= 0.6 is 11.8 Å². The van der Waals surface area contributed by atoms with E-state index in [0.29, 0.717) is 19.0 Å². The van der Waals surface area contributed by atoms with Crippen LogP contribution in [0.15, 0.2) is 53.4 Å². The Bertz CT molecular complexity index is 733. The molecule has 0 aromatic heterocycles. The second-order valence-electron chi connectivity index (χ2n) is 6.65. The summed E-state index contributed by atoms with van der Waals surface area (Å²) in [5, 5.41) is 3.17. The van der Waals surface area contributed by atoms with Gasteiger partial charge in [0.05, 0.1) is 25.0 Å². The third-order valence-corrected chi connectivity index (χ3v) is 5.24. The van der Waals surface area contributed by atoms with Gasteiger partial charge in [0, 0.05) is 11.3 Å². The van der Waals surface area contributed by atoms with Crippen molar-refractivity contribution >= 4 is 17.7 Å². The highest BCUT2D eigenvalue weighted by molar-refractivity contribution is 8.00. The summed E-state index contributed by atoms with van der Waals surface area (Å²) in [6, 6.07) is 15.9. The second kappa shape index (κ2) is 8.99. The molecule has 0 saturated carbocycles. The van der Waals surface area contributed by atoms with Gasteiger partial charge in [-0.25, -0.2) is 0 Å². The predicted molar refractivity (Wildman–Crippen MR) is 105 cm³/mol. The quantitative estimate of drug-likeness (QED) is 0.762. The van der Waals surface area contributed by atoms with Gasteiger partial charge in [-0.1, -0.05) is 38.1 Å². The molecule has 0 saturated heterocycles. The molecule has 0 radical (unpaired) electrons. The van der Waals surface area contributed by atoms with E-state index in [1.165, 1.54) is 0 Å². The molecular formula is C21H25NO3S. The molecule has 1 amide bonds. The van der Waals surface area contributed by atoms with Crippen molar-refractivity contribution in [3.8, 4) is 11.5 Å². The molecule has 0 aliphatic carbocycles. The van der Waals surface area contributed by atoms with Crippen molar-refractivity contribution in [2.45, 2.75) is 31.2 Å². The van der Waals surface area contributed by atoms with Gasteiger partial charge in [0.1, 0.15) is 0 Å². The Kier molecular flexibility index (Phi) is 6.45. The summed E-state index contributed by atoms with van der Waals surface area (Å²) >= 11 is 1.55. The zero-order valence-electron chi connectivity index (χ0n) is 15.2. The summed E-state index contributed by atoms with van der Waals surface area (Å²) in [6.07, 6.45) is 0.880. The number of amides is 1. The molecule has 2 aromatic rings. The van der Waals surface area contributed by atoms with E-state index in [-0.39, 0.29) is 17.9 Å². The minimum Gasteiger partial charge on any atom is -0.490 e. The van der Waals surface area contributed by atoms with Crippen molar-refractivity contribution in [3.05, 3.63) is 54.1 Å². The Morgan fingerprint density at radius 2 is 1.81 bits per heavy atom. The Morgan fingerprint density at radius 1 is 1.08 bits per heavy atom. The number of carbonyl (C=O) groups excluding carboxylic acids is 1. The average Bonchev–Trinajstić information content (AvgIpc) is 2.90. The maximum atomic E-state index is 12.5. The fraction of sp³-hybridized carbons (Fsp3) is 0.381. The molecule has 3 rings (SSSR count). The molecule has 2 aromatic carbocycles. The summed E-state index contributed by atoms with van der Waals surface area (Å²) < 4.78 is 11.5. The van der Waals surface area contributed by atoms with E-state index in [1.54, 1.807) is 11.8 Å². The van der Waals surface area contributed by atoms with E-state index in [2.05, 4.69) is 19.2 Å². The van der Waals surface area contributed by atoms with Crippen molar-refractivity contribution in [3.63, 3.8) is 0 Å². The van der Waals surface area contributed by atoms with Crippen molar-refractivity contribution in [2.75, 3.05) is 19.0 Å². The number of nitrogens with one attached hydrogen (secondary N) is 1. The number of fused-ring (bicyclic) bond motifs is 1. The number of benzene rings is 2. The lowest BCUT2D eigenvalue weighted by molar-refractivity contribution is -0.119. The fourth-order valence-corrected chi connectivity index (χ4v) is 3.62. The summed E-state index contributed by atoms with van der Waals surface area (Å²) in [5.74, 6) is 2.24. The second-order valence-corrected chi connectivity index (χ2v) is 7.70. The van der Waals surface area contributed by atoms with E-state index in [0.717, 1.165) is 28.4 Å². The van der Waals surface area contributed by atoms with Crippen molar-refractivity contribution < 1.29 is 14.3 Å². The van der Waals surface area contributed by atoms with Gasteiger partial charge in [-0.15, -0.1) is 11.8 Å². The highest BCUT2D eigenvalue weighted by atomic mass is 32.2. The van der Waals surface area contributed by atoms with Gasteiger partial charge in [-0.05, 0) is 35.7 Å². The Hall–Kier alpha value is -2.14. The average molecular weight is 372 g/mol. The van der Waals surface area contributed by atoms with E-state index in [4.69, 9.17) is 9.47 Å². The van der Waals surface area contributed by atoms with E-state index < -0.39 is 0 Å². The largest absolute Gasteiger partial charge is 0.490 e. The van der Waals surface area contributed by atoms with Crippen molar-refractivity contribution in [1.82, 2.24) is 5.32 Å². The number of hydrogen-bond acceptors (Lipinski definition) is 4. The van der Waals surface area contributed by atoms with Crippen LogP contribution in [0.25, 0.3) is 0 Å². The van der Waals surface area contributed by atoms with E-state index in [9.17, 15) is 4.79 Å². The first kappa shape index (κ1) is 18.6. The van der Waals surface area contributed by atoms with Crippen molar-refractivity contribution in [1.29, 1.82) is 0 Å². The molecule has 1 aliphatic rings. The number of rotatable bonds is 6. The van der Waals surface area contributed by atoms with E-state index in [1.807, 2.05) is 48.5 Å². The lowest BCUT2D eigenvalue weighted by Gasteiger charge is -2.24. The molecular weight excluding hydrogens is 346 g/mol. The summed E-state index contributed by atoms with van der Waals surface area (Å²) in [5.41, 5.74) is 1.04. The van der Waals surface area contributed by atoms with E-state index >= 15 is 0 Å². The molecule has 26 heavy (non-hydrogen) atoms. The van der Waals surface area contributed by atoms with Gasteiger partial charge in [0.2, 0.25) is 5.91 Å². The molecule has 1 heterocycles. The van der Waals surface area contributed by atoms with Crippen LogP contribution in [0.1, 0.15) is 31.9 Å². The number of ether oxygens (including phenoxy) is 2. The first-order chi connectivity index (χ1) is 12.6. The predicted octanol–water partition coefficient (Wildman–Crippen LogP) is 4.45. The van der Waals surface area contributed by atoms with Gasteiger partial charge >= 0.3 is 0 Å². The normalized spacial score (nSPS) is 14.6. The topological polar surface area (TPSA) is 47.6 Å². The van der Waals surface area contributed by atoms with Crippen LogP contribution < -0.4 is 14.8 Å². The summed E-state index contributed by atoms with van der Waals surface area (Å²) in [7, 11) is 0. The first-order valence-electron chi connectivity index (χ1n) is 9.00. The summed E-state index contributed by atoms with van der Waals surface area (Å²) in [4.78, 5) is 13.6. The van der Waals surface area contributed by atoms with Crippen LogP contribution in [0.4, 0.5) is 0 Å². The monoisotopic (exact) mass is 371 g/mol. The molecule has 4 nitrogen and oxygen atoms in total. The van der Waals surface area contributed by atoms with Gasteiger partial charge in [0.15, 0.2) is 11.5 Å². The lowest BCUT2D eigenvalue weighted by atomic mass is 9.95. The molecule has 0 unspecified atom stereocenters. The van der Waals surface area contributed by atoms with Gasteiger partial charge in [-0.3, -0.25) is 4.79 Å². The SMILES string of the molecule is CC(C)[C@@H](NC(=O)CSc1ccccc1)c1ccc2c(c1)OCCCO2. The van der Waals surface area contributed by atoms with Crippen LogP contribution in [-0.2, 0) is 4.79 Å². The van der Waals surface area contributed by atoms with Crippen LogP contribution in [0.2, 0.25) is 0 Å². The van der Waals surface area contributed by atoms with Crippen LogP contribution in [0.3, 0.4) is 0 Å². The zero-order chi connectivity index (χ0) is 18.4. The van der Waals surface area contributed by atoms with Crippen molar-refractivity contribution in [2.24, 2.45) is 5.92 Å². The summed E-state index contributed by atoms with van der Waals surface area (Å²) in [6.45, 7) is 5.55. The van der Waals surface area contributed by atoms with Gasteiger partial charge in [-0.2, -0.15) is 0 Å². The molecule has 5 heteroatoms. The number of hydrogen-bond donors (Lipinski definition) is 1. The molecule has 0 fully saturated rings. The zero-order valence-corrected chi connectivity index (χ0v) is 16.1. The van der Waals surface area contributed by atoms with Crippen LogP contribution in [0, 0.1) is 5.92 Å². The Labute approximate surface area is 159 Å². The number of carbonyl (C=O) groups is 1. The highest BCUT2D eigenvalue weighted by Crippen LogP contribution is 2.34. The minimum atomic E-state index is -0.0592. The molecule has 0 bridgehead atoms. The van der Waals surface area contributed by atoms with Gasteiger partial charge < -0.3 is 14.8 Å². The third-order valence-electron chi connectivity index (χ3n) is 4.23. The maximum absolute atomic E-state index is 12.5. The first-order valence-corrected chi connectivity index (χ1v) is 9.99. The molecule has 1 atom stereocenters. The molecule has 0 spiro atoms. The van der Waals surface area contributed by atoms with Crippen LogP contribution in [-0.4, -0.2) is 24.9 Å². The van der Waals surface area contributed by atoms with Gasteiger partial charge in [0.25, 0.3) is 0 Å². The Morgan fingerprint density at radius 3 is 2.54 bits per heavy atom. The maximum Gasteiger partial charge on any atom is 0.230 e. The standard InChI is InChI=1S/C21H25NO3S/c1-15(2)21(22-20(23)14-26-17-7-4-3-5-8-17)16-9-10-18-19(13-16)25-12-6-11-24-18/h3-5,7-10,13,15,21H,6,11-12,14H2,1-2H3,(H,22,23)/t21-/m1/s1. The highest BCUT2D eigenvalue weighted by Gasteiger charge is 2.21. The smallest absolute Gasteiger partial charge is 0.230 e.